The number of aliphatic carboxylic acids is 1. The monoisotopic (exact) mass is 247 g/mol. The van der Waals surface area contributed by atoms with Crippen molar-refractivity contribution in [3.8, 4) is 0 Å². The van der Waals surface area contributed by atoms with Gasteiger partial charge >= 0.3 is 5.97 Å². The Morgan fingerprint density at radius 2 is 2.12 bits per heavy atom. The van der Waals surface area contributed by atoms with Crippen LogP contribution in [0.4, 0.5) is 0 Å². The Morgan fingerprint density at radius 1 is 1.56 bits per heavy atom. The number of fused-ring (bicyclic) bond motifs is 1. The standard InChI is InChI=1S/C9H13NO5S/c1-9(2)5(8(12)13)10-6(11)4(15-3)7(10)16(9)14/h4-5,7H,1-3H3,(H,12,13)/t4-,5+,7-,16?/m1/s1. The molecule has 2 fully saturated rings. The number of carbonyl (C=O) groups is 2. The summed E-state index contributed by atoms with van der Waals surface area (Å²) in [7, 11) is -0.0639. The number of nitrogens with zero attached hydrogens (tertiary/aromatic N) is 1. The molecule has 2 aliphatic rings. The molecule has 7 heteroatoms. The zero-order chi connectivity index (χ0) is 12.2. The minimum Gasteiger partial charge on any atom is -0.480 e. The van der Waals surface area contributed by atoms with Gasteiger partial charge in [0.05, 0.1) is 15.5 Å². The molecule has 0 bridgehead atoms. The van der Waals surface area contributed by atoms with Crippen molar-refractivity contribution in [1.82, 2.24) is 4.90 Å². The van der Waals surface area contributed by atoms with Crippen LogP contribution in [0.3, 0.4) is 0 Å². The number of rotatable bonds is 2. The van der Waals surface area contributed by atoms with E-state index in [1.165, 1.54) is 12.0 Å². The van der Waals surface area contributed by atoms with E-state index in [0.717, 1.165) is 0 Å². The van der Waals surface area contributed by atoms with E-state index in [1.807, 2.05) is 0 Å². The van der Waals surface area contributed by atoms with Crippen LogP contribution in [0.5, 0.6) is 0 Å². The number of carbonyl (C=O) groups excluding carboxylic acids is 1. The predicted octanol–water partition coefficient (Wildman–Crippen LogP) is -0.836. The topological polar surface area (TPSA) is 83.9 Å². The molecule has 0 aromatic carbocycles. The third-order valence-electron chi connectivity index (χ3n) is 3.19. The lowest BCUT2D eigenvalue weighted by Gasteiger charge is -2.41. The normalized spacial score (nSPS) is 40.4. The van der Waals surface area contributed by atoms with Crippen LogP contribution in [0.15, 0.2) is 0 Å². The largest absolute Gasteiger partial charge is 0.480 e. The summed E-state index contributed by atoms with van der Waals surface area (Å²) in [6.07, 6.45) is -0.760. The van der Waals surface area contributed by atoms with Crippen molar-refractivity contribution >= 4 is 22.7 Å². The fourth-order valence-corrected chi connectivity index (χ4v) is 4.28. The molecule has 2 saturated heterocycles. The molecule has 4 atom stereocenters. The van der Waals surface area contributed by atoms with Gasteiger partial charge < -0.3 is 14.7 Å². The molecule has 0 aromatic heterocycles. The van der Waals surface area contributed by atoms with Crippen LogP contribution >= 0.6 is 0 Å². The molecule has 90 valence electrons. The SMILES string of the molecule is CO[C@@H]1C(=O)N2[C@@H]1S(=O)C(C)(C)[C@@H]2C(=O)O. The predicted molar refractivity (Wildman–Crippen MR) is 55.1 cm³/mol. The summed E-state index contributed by atoms with van der Waals surface area (Å²) in [4.78, 5) is 23.9. The fourth-order valence-electron chi connectivity index (χ4n) is 2.34. The average molecular weight is 247 g/mol. The van der Waals surface area contributed by atoms with Gasteiger partial charge in [0.15, 0.2) is 6.10 Å². The molecule has 0 spiro atoms. The molecule has 16 heavy (non-hydrogen) atoms. The van der Waals surface area contributed by atoms with E-state index in [9.17, 15) is 13.8 Å². The van der Waals surface area contributed by atoms with Crippen molar-refractivity contribution in [1.29, 1.82) is 0 Å². The molecule has 2 heterocycles. The van der Waals surface area contributed by atoms with Gasteiger partial charge in [0.1, 0.15) is 11.4 Å². The average Bonchev–Trinajstić information content (AvgIpc) is 2.36. The Kier molecular flexibility index (Phi) is 2.36. The lowest BCUT2D eigenvalue weighted by atomic mass is 9.97. The summed E-state index contributed by atoms with van der Waals surface area (Å²) in [5, 5.41) is 8.48. The Morgan fingerprint density at radius 3 is 2.56 bits per heavy atom. The first kappa shape index (κ1) is 11.5. The molecular weight excluding hydrogens is 234 g/mol. The van der Waals surface area contributed by atoms with Gasteiger partial charge in [-0.25, -0.2) is 4.79 Å². The number of β-lactam (4-membered cyclic amide) rings is 1. The minimum atomic E-state index is -1.42. The van der Waals surface area contributed by atoms with Crippen molar-refractivity contribution in [2.45, 2.75) is 36.1 Å². The van der Waals surface area contributed by atoms with Crippen molar-refractivity contribution < 1.29 is 23.6 Å². The third kappa shape index (κ3) is 1.12. The zero-order valence-corrected chi connectivity index (χ0v) is 9.98. The van der Waals surface area contributed by atoms with Crippen LogP contribution in [-0.4, -0.2) is 55.5 Å². The van der Waals surface area contributed by atoms with Gasteiger partial charge in [-0.1, -0.05) is 0 Å². The smallest absolute Gasteiger partial charge is 0.328 e. The Labute approximate surface area is 95.0 Å². The van der Waals surface area contributed by atoms with Crippen LogP contribution in [0.2, 0.25) is 0 Å². The number of ether oxygens (including phenoxy) is 1. The molecule has 0 aliphatic carbocycles. The van der Waals surface area contributed by atoms with E-state index >= 15 is 0 Å². The summed E-state index contributed by atoms with van der Waals surface area (Å²) >= 11 is 0. The molecule has 0 aromatic rings. The van der Waals surface area contributed by atoms with E-state index in [4.69, 9.17) is 9.84 Å². The summed E-state index contributed by atoms with van der Waals surface area (Å²) in [5.74, 6) is -1.51. The Hall–Kier alpha value is -0.950. The van der Waals surface area contributed by atoms with Gasteiger partial charge in [-0.05, 0) is 13.8 Å². The van der Waals surface area contributed by atoms with Crippen LogP contribution in [0.1, 0.15) is 13.8 Å². The van der Waals surface area contributed by atoms with E-state index in [-0.39, 0.29) is 5.91 Å². The van der Waals surface area contributed by atoms with Gasteiger partial charge in [0.2, 0.25) is 0 Å². The highest BCUT2D eigenvalue weighted by Crippen LogP contribution is 2.44. The first-order chi connectivity index (χ1) is 7.34. The quantitative estimate of drug-likeness (QED) is 0.643. The Balaban J connectivity index is 2.41. The lowest BCUT2D eigenvalue weighted by Crippen LogP contribution is -2.66. The molecule has 0 radical (unpaired) electrons. The number of hydrogen-bond donors (Lipinski definition) is 1. The van der Waals surface area contributed by atoms with Crippen molar-refractivity contribution in [3.63, 3.8) is 0 Å². The zero-order valence-electron chi connectivity index (χ0n) is 9.17. The number of amides is 1. The molecule has 1 unspecified atom stereocenters. The minimum absolute atomic E-state index is 0.390. The van der Waals surface area contributed by atoms with Gasteiger partial charge in [-0.2, -0.15) is 0 Å². The van der Waals surface area contributed by atoms with E-state index in [2.05, 4.69) is 0 Å². The maximum Gasteiger partial charge on any atom is 0.328 e. The molecular formula is C9H13NO5S. The Bertz CT molecular complexity index is 393. The number of hydrogen-bond acceptors (Lipinski definition) is 4. The van der Waals surface area contributed by atoms with E-state index < -0.39 is 39.0 Å². The van der Waals surface area contributed by atoms with Crippen molar-refractivity contribution in [3.05, 3.63) is 0 Å². The second kappa shape index (κ2) is 3.27. The molecule has 0 saturated carbocycles. The fraction of sp³-hybridized carbons (Fsp3) is 0.778. The second-order valence-corrected chi connectivity index (χ2v) is 6.56. The molecule has 1 N–H and O–H groups in total. The van der Waals surface area contributed by atoms with Gasteiger partial charge in [-0.15, -0.1) is 0 Å². The van der Waals surface area contributed by atoms with Gasteiger partial charge in [0.25, 0.3) is 5.91 Å². The van der Waals surface area contributed by atoms with E-state index in [1.54, 1.807) is 13.8 Å². The summed E-state index contributed by atoms with van der Waals surface area (Å²) in [5.41, 5.74) is 0. The van der Waals surface area contributed by atoms with Crippen LogP contribution < -0.4 is 0 Å². The summed E-state index contributed by atoms with van der Waals surface area (Å²) < 4.78 is 16.1. The third-order valence-corrected chi connectivity index (χ3v) is 5.37. The van der Waals surface area contributed by atoms with Crippen LogP contribution in [-0.2, 0) is 25.1 Å². The maximum atomic E-state index is 12.1. The maximum absolute atomic E-state index is 12.1. The molecule has 2 rings (SSSR count). The van der Waals surface area contributed by atoms with E-state index in [0.29, 0.717) is 0 Å². The number of carboxylic acid groups (broad SMARTS) is 1. The number of carboxylic acids is 1. The van der Waals surface area contributed by atoms with Crippen LogP contribution in [0, 0.1) is 0 Å². The van der Waals surface area contributed by atoms with Crippen molar-refractivity contribution in [2.24, 2.45) is 0 Å². The number of methoxy groups -OCH3 is 1. The highest BCUT2D eigenvalue weighted by Gasteiger charge is 2.68. The highest BCUT2D eigenvalue weighted by molar-refractivity contribution is 7.87. The van der Waals surface area contributed by atoms with Gasteiger partial charge in [-0.3, -0.25) is 9.00 Å². The highest BCUT2D eigenvalue weighted by atomic mass is 32.2. The first-order valence-corrected chi connectivity index (χ1v) is 6.03. The first-order valence-electron chi connectivity index (χ1n) is 4.82. The van der Waals surface area contributed by atoms with Crippen LogP contribution in [0.25, 0.3) is 0 Å². The molecule has 2 aliphatic heterocycles. The summed E-state index contributed by atoms with van der Waals surface area (Å²) in [6, 6.07) is -1.03. The lowest BCUT2D eigenvalue weighted by molar-refractivity contribution is -0.172. The van der Waals surface area contributed by atoms with Crippen molar-refractivity contribution in [2.75, 3.05) is 7.11 Å². The summed E-state index contributed by atoms with van der Waals surface area (Å²) in [6.45, 7) is 3.19. The van der Waals surface area contributed by atoms with Gasteiger partial charge in [0, 0.05) is 7.11 Å². The molecule has 1 amide bonds. The molecule has 6 nitrogen and oxygen atoms in total. The second-order valence-electron chi connectivity index (χ2n) is 4.43.